The van der Waals surface area contributed by atoms with Gasteiger partial charge in [-0.3, -0.25) is 4.79 Å². The first-order valence-electron chi connectivity index (χ1n) is 6.03. The highest BCUT2D eigenvalue weighted by Gasteiger charge is 2.23. The minimum absolute atomic E-state index is 0.0650. The number of methoxy groups -OCH3 is 1. The zero-order chi connectivity index (χ0) is 12.3. The number of carbonyl (C=O) groups is 1. The first kappa shape index (κ1) is 12.6. The summed E-state index contributed by atoms with van der Waals surface area (Å²) in [5.74, 6) is -0.00390. The van der Waals surface area contributed by atoms with Crippen LogP contribution in [0.25, 0.3) is 0 Å². The Hall–Kier alpha value is -0.830. The fourth-order valence-corrected chi connectivity index (χ4v) is 2.72. The van der Waals surface area contributed by atoms with E-state index in [9.17, 15) is 4.79 Å². The van der Waals surface area contributed by atoms with E-state index in [1.165, 1.54) is 22.7 Å². The van der Waals surface area contributed by atoms with Gasteiger partial charge in [0, 0.05) is 0 Å². The van der Waals surface area contributed by atoms with E-state index in [1.54, 1.807) is 0 Å². The first-order valence-corrected chi connectivity index (χ1v) is 6.82. The fourth-order valence-electron chi connectivity index (χ4n) is 2.39. The zero-order valence-electron chi connectivity index (χ0n) is 10.0. The minimum atomic E-state index is -0.0689. The molecule has 0 fully saturated rings. The Morgan fingerprint density at radius 3 is 2.65 bits per heavy atom. The second-order valence-corrected chi connectivity index (χ2v) is 5.55. The van der Waals surface area contributed by atoms with E-state index in [2.05, 4.69) is 34.2 Å². The van der Waals surface area contributed by atoms with Gasteiger partial charge in [-0.1, -0.05) is 34.2 Å². The summed E-state index contributed by atoms with van der Waals surface area (Å²) in [5, 5.41) is 0. The number of allylic oxidation sites excluding steroid dienone is 6. The molecule has 0 aromatic heterocycles. The van der Waals surface area contributed by atoms with Gasteiger partial charge >= 0.3 is 5.97 Å². The largest absolute Gasteiger partial charge is 0.469 e. The maximum Gasteiger partial charge on any atom is 0.308 e. The average molecular weight is 297 g/mol. The molecule has 0 amide bonds. The van der Waals surface area contributed by atoms with Crippen molar-refractivity contribution in [2.24, 2.45) is 5.92 Å². The molecule has 0 bridgehead atoms. The van der Waals surface area contributed by atoms with Crippen LogP contribution in [0.5, 0.6) is 0 Å². The normalized spacial score (nSPS) is 24.6. The van der Waals surface area contributed by atoms with Gasteiger partial charge in [0.1, 0.15) is 0 Å². The van der Waals surface area contributed by atoms with Gasteiger partial charge in [-0.05, 0) is 47.7 Å². The number of rotatable bonds is 2. The van der Waals surface area contributed by atoms with Crippen molar-refractivity contribution in [2.45, 2.75) is 32.1 Å². The standard InChI is InChI=1S/C14H17BrO2/c1-17-14(16)12-4-2-10(3-5-12)11-6-8-13(15)9-7-11/h2,6,8,12H,3-5,7,9H2,1H3. The van der Waals surface area contributed by atoms with Crippen molar-refractivity contribution in [1.82, 2.24) is 0 Å². The van der Waals surface area contributed by atoms with E-state index in [4.69, 9.17) is 4.74 Å². The van der Waals surface area contributed by atoms with Crippen LogP contribution in [-0.4, -0.2) is 13.1 Å². The van der Waals surface area contributed by atoms with Crippen LogP contribution in [0.2, 0.25) is 0 Å². The third kappa shape index (κ3) is 3.09. The lowest BCUT2D eigenvalue weighted by atomic mass is 9.84. The highest BCUT2D eigenvalue weighted by molar-refractivity contribution is 9.11. The highest BCUT2D eigenvalue weighted by Crippen LogP contribution is 2.33. The molecule has 0 spiro atoms. The van der Waals surface area contributed by atoms with Crippen molar-refractivity contribution in [1.29, 1.82) is 0 Å². The zero-order valence-corrected chi connectivity index (χ0v) is 11.6. The Kier molecular flexibility index (Phi) is 4.21. The van der Waals surface area contributed by atoms with Crippen molar-refractivity contribution in [3.05, 3.63) is 33.9 Å². The van der Waals surface area contributed by atoms with Crippen LogP contribution in [0.3, 0.4) is 0 Å². The number of ether oxygens (including phenoxy) is 1. The maximum atomic E-state index is 11.4. The van der Waals surface area contributed by atoms with Crippen molar-refractivity contribution in [2.75, 3.05) is 7.11 Å². The lowest BCUT2D eigenvalue weighted by molar-refractivity contribution is -0.145. The van der Waals surface area contributed by atoms with Crippen LogP contribution < -0.4 is 0 Å². The van der Waals surface area contributed by atoms with Crippen LogP contribution >= 0.6 is 15.9 Å². The second-order valence-electron chi connectivity index (χ2n) is 4.53. The quantitative estimate of drug-likeness (QED) is 0.723. The SMILES string of the molecule is COC(=O)C1CC=C(C2=CC=C(Br)CC2)CC1. The Bertz CT molecular complexity index is 404. The number of carbonyl (C=O) groups excluding carboxylic acids is 1. The van der Waals surface area contributed by atoms with Crippen molar-refractivity contribution in [3.63, 3.8) is 0 Å². The molecule has 1 unspecified atom stereocenters. The lowest BCUT2D eigenvalue weighted by Crippen LogP contribution is -2.18. The van der Waals surface area contributed by atoms with Gasteiger partial charge in [0.15, 0.2) is 0 Å². The van der Waals surface area contributed by atoms with E-state index in [-0.39, 0.29) is 11.9 Å². The first-order chi connectivity index (χ1) is 8.20. The van der Waals surface area contributed by atoms with Crippen molar-refractivity contribution < 1.29 is 9.53 Å². The van der Waals surface area contributed by atoms with Gasteiger partial charge in [-0.2, -0.15) is 0 Å². The summed E-state index contributed by atoms with van der Waals surface area (Å²) < 4.78 is 6.05. The van der Waals surface area contributed by atoms with E-state index < -0.39 is 0 Å². The molecule has 17 heavy (non-hydrogen) atoms. The molecule has 0 aliphatic heterocycles. The van der Waals surface area contributed by atoms with Gasteiger partial charge in [-0.25, -0.2) is 0 Å². The van der Waals surface area contributed by atoms with Crippen LogP contribution in [0.4, 0.5) is 0 Å². The molecular weight excluding hydrogens is 280 g/mol. The number of hydrogen-bond acceptors (Lipinski definition) is 2. The molecule has 0 saturated heterocycles. The van der Waals surface area contributed by atoms with E-state index in [0.29, 0.717) is 0 Å². The Morgan fingerprint density at radius 2 is 2.12 bits per heavy atom. The summed E-state index contributed by atoms with van der Waals surface area (Å²) in [6.45, 7) is 0. The Labute approximate surface area is 111 Å². The smallest absolute Gasteiger partial charge is 0.308 e. The monoisotopic (exact) mass is 296 g/mol. The molecule has 0 N–H and O–H groups in total. The molecule has 2 aliphatic rings. The van der Waals surface area contributed by atoms with Crippen molar-refractivity contribution >= 4 is 21.9 Å². The molecule has 0 heterocycles. The minimum Gasteiger partial charge on any atom is -0.469 e. The van der Waals surface area contributed by atoms with Crippen LogP contribution in [0.15, 0.2) is 33.9 Å². The average Bonchev–Trinajstić information content (AvgIpc) is 2.39. The Morgan fingerprint density at radius 1 is 1.29 bits per heavy atom. The summed E-state index contributed by atoms with van der Waals surface area (Å²) >= 11 is 3.51. The second kappa shape index (κ2) is 5.67. The molecule has 92 valence electrons. The van der Waals surface area contributed by atoms with Gasteiger partial charge in [0.25, 0.3) is 0 Å². The topological polar surface area (TPSA) is 26.3 Å². The van der Waals surface area contributed by atoms with E-state index >= 15 is 0 Å². The molecule has 3 heteroatoms. The molecule has 1 atom stereocenters. The lowest BCUT2D eigenvalue weighted by Gasteiger charge is -2.22. The number of hydrogen-bond donors (Lipinski definition) is 0. The Balaban J connectivity index is 2.02. The molecular formula is C14H17BrO2. The highest BCUT2D eigenvalue weighted by atomic mass is 79.9. The molecule has 0 aromatic rings. The predicted octanol–water partition coefficient (Wildman–Crippen LogP) is 3.88. The summed E-state index contributed by atoms with van der Waals surface area (Å²) in [5.41, 5.74) is 2.85. The maximum absolute atomic E-state index is 11.4. The summed E-state index contributed by atoms with van der Waals surface area (Å²) in [4.78, 5) is 11.4. The predicted molar refractivity (Wildman–Crippen MR) is 71.8 cm³/mol. The van der Waals surface area contributed by atoms with Gasteiger partial charge in [0.2, 0.25) is 0 Å². The van der Waals surface area contributed by atoms with Crippen LogP contribution in [0.1, 0.15) is 32.1 Å². The summed E-state index contributed by atoms with van der Waals surface area (Å²) in [6.07, 6.45) is 11.5. The van der Waals surface area contributed by atoms with Crippen LogP contribution in [0, 0.1) is 5.92 Å². The molecule has 2 rings (SSSR count). The molecule has 0 saturated carbocycles. The molecule has 2 nitrogen and oxygen atoms in total. The number of halogens is 1. The van der Waals surface area contributed by atoms with Crippen molar-refractivity contribution in [3.8, 4) is 0 Å². The van der Waals surface area contributed by atoms with Crippen LogP contribution in [-0.2, 0) is 9.53 Å². The third-order valence-electron chi connectivity index (χ3n) is 3.46. The van der Waals surface area contributed by atoms with Gasteiger partial charge in [0.05, 0.1) is 13.0 Å². The van der Waals surface area contributed by atoms with Gasteiger partial charge in [-0.15, -0.1) is 0 Å². The van der Waals surface area contributed by atoms with E-state index in [1.807, 2.05) is 0 Å². The molecule has 0 aromatic carbocycles. The summed E-state index contributed by atoms with van der Waals surface area (Å²) in [6, 6.07) is 0. The summed E-state index contributed by atoms with van der Waals surface area (Å²) in [7, 11) is 1.47. The van der Waals surface area contributed by atoms with Gasteiger partial charge < -0.3 is 4.74 Å². The molecule has 0 radical (unpaired) electrons. The third-order valence-corrected chi connectivity index (χ3v) is 4.12. The fraction of sp³-hybridized carbons (Fsp3) is 0.500. The van der Waals surface area contributed by atoms with E-state index in [0.717, 1.165) is 32.1 Å². The molecule has 2 aliphatic carbocycles. The number of esters is 1.